The monoisotopic (exact) mass is 222 g/mol. The highest BCUT2D eigenvalue weighted by Gasteiger charge is 2.25. The summed E-state index contributed by atoms with van der Waals surface area (Å²) >= 11 is 5.94. The first-order valence-electron chi connectivity index (χ1n) is 5.52. The SMILES string of the molecule is O=CC(c1cccc(Cl)c1)C1CCCC1. The average Bonchev–Trinajstić information content (AvgIpc) is 2.72. The van der Waals surface area contributed by atoms with Crippen molar-refractivity contribution >= 4 is 17.9 Å². The van der Waals surface area contributed by atoms with Crippen molar-refractivity contribution in [1.29, 1.82) is 0 Å². The Labute approximate surface area is 95.4 Å². The molecule has 0 spiro atoms. The molecule has 1 nitrogen and oxygen atoms in total. The molecule has 15 heavy (non-hydrogen) atoms. The molecular formula is C13H15ClO. The molecule has 1 aliphatic carbocycles. The number of carbonyl (C=O) groups excluding carboxylic acids is 1. The summed E-state index contributed by atoms with van der Waals surface area (Å²) in [5.74, 6) is 0.576. The molecule has 0 bridgehead atoms. The highest BCUT2D eigenvalue weighted by molar-refractivity contribution is 6.30. The Kier molecular flexibility index (Phi) is 3.42. The quantitative estimate of drug-likeness (QED) is 0.711. The molecular weight excluding hydrogens is 208 g/mol. The van der Waals surface area contributed by atoms with Crippen LogP contribution in [0, 0.1) is 5.92 Å². The van der Waals surface area contributed by atoms with Crippen LogP contribution in [0.3, 0.4) is 0 Å². The zero-order valence-corrected chi connectivity index (χ0v) is 9.41. The Hall–Kier alpha value is -0.820. The second kappa shape index (κ2) is 4.80. The van der Waals surface area contributed by atoms with Gasteiger partial charge in [0.1, 0.15) is 6.29 Å². The summed E-state index contributed by atoms with van der Waals surface area (Å²) < 4.78 is 0. The second-order valence-electron chi connectivity index (χ2n) is 4.26. The van der Waals surface area contributed by atoms with E-state index in [0.717, 1.165) is 16.9 Å². The molecule has 2 heteroatoms. The number of aldehydes is 1. The van der Waals surface area contributed by atoms with E-state index in [1.165, 1.54) is 25.7 Å². The minimum Gasteiger partial charge on any atom is -0.303 e. The number of benzene rings is 1. The minimum atomic E-state index is 0.0474. The van der Waals surface area contributed by atoms with Gasteiger partial charge in [-0.15, -0.1) is 0 Å². The topological polar surface area (TPSA) is 17.1 Å². The molecule has 1 aliphatic rings. The summed E-state index contributed by atoms with van der Waals surface area (Å²) in [5.41, 5.74) is 1.07. The molecule has 0 amide bonds. The van der Waals surface area contributed by atoms with Crippen LogP contribution in [0.25, 0.3) is 0 Å². The molecule has 80 valence electrons. The fourth-order valence-electron chi connectivity index (χ4n) is 2.49. The number of hydrogen-bond acceptors (Lipinski definition) is 1. The highest BCUT2D eigenvalue weighted by Crippen LogP contribution is 2.36. The summed E-state index contributed by atoms with van der Waals surface area (Å²) in [6.07, 6.45) is 5.96. The molecule has 0 saturated heterocycles. The molecule has 1 saturated carbocycles. The van der Waals surface area contributed by atoms with E-state index >= 15 is 0 Å². The first-order valence-corrected chi connectivity index (χ1v) is 5.90. The Bertz CT molecular complexity index is 342. The zero-order valence-electron chi connectivity index (χ0n) is 8.66. The first-order chi connectivity index (χ1) is 7.31. The van der Waals surface area contributed by atoms with Crippen LogP contribution in [0.5, 0.6) is 0 Å². The van der Waals surface area contributed by atoms with Crippen LogP contribution in [0.15, 0.2) is 24.3 Å². The lowest BCUT2D eigenvalue weighted by Gasteiger charge is -2.17. The van der Waals surface area contributed by atoms with Crippen molar-refractivity contribution in [3.05, 3.63) is 34.9 Å². The van der Waals surface area contributed by atoms with Crippen molar-refractivity contribution in [2.24, 2.45) is 5.92 Å². The summed E-state index contributed by atoms with van der Waals surface area (Å²) in [4.78, 5) is 11.2. The first kappa shape index (κ1) is 10.7. The van der Waals surface area contributed by atoms with Crippen molar-refractivity contribution in [2.75, 3.05) is 0 Å². The molecule has 0 aromatic heterocycles. The fourth-order valence-corrected chi connectivity index (χ4v) is 2.69. The summed E-state index contributed by atoms with van der Waals surface area (Å²) in [6, 6.07) is 7.69. The van der Waals surface area contributed by atoms with Gasteiger partial charge in [0.05, 0.1) is 0 Å². The molecule has 0 heterocycles. The van der Waals surface area contributed by atoms with Gasteiger partial charge in [0, 0.05) is 10.9 Å². The van der Waals surface area contributed by atoms with Gasteiger partial charge in [-0.25, -0.2) is 0 Å². The third-order valence-electron chi connectivity index (χ3n) is 3.29. The van der Waals surface area contributed by atoms with E-state index in [9.17, 15) is 4.79 Å². The van der Waals surface area contributed by atoms with Gasteiger partial charge in [-0.3, -0.25) is 0 Å². The smallest absolute Gasteiger partial charge is 0.127 e. The molecule has 0 radical (unpaired) electrons. The second-order valence-corrected chi connectivity index (χ2v) is 4.70. The predicted molar refractivity (Wildman–Crippen MR) is 62.2 cm³/mol. The normalized spacial score (nSPS) is 19.0. The maximum Gasteiger partial charge on any atom is 0.127 e. The molecule has 0 N–H and O–H groups in total. The fraction of sp³-hybridized carbons (Fsp3) is 0.462. The van der Waals surface area contributed by atoms with Gasteiger partial charge in [0.2, 0.25) is 0 Å². The molecule has 0 aliphatic heterocycles. The van der Waals surface area contributed by atoms with Gasteiger partial charge in [-0.05, 0) is 36.5 Å². The number of halogens is 1. The lowest BCUT2D eigenvalue weighted by atomic mass is 9.86. The Morgan fingerprint density at radius 1 is 1.33 bits per heavy atom. The molecule has 1 fully saturated rings. The number of carbonyl (C=O) groups is 1. The van der Waals surface area contributed by atoms with Gasteiger partial charge in [-0.1, -0.05) is 36.6 Å². The lowest BCUT2D eigenvalue weighted by Crippen LogP contribution is -2.11. The van der Waals surface area contributed by atoms with E-state index in [1.807, 2.05) is 24.3 Å². The molecule has 2 rings (SSSR count). The Balaban J connectivity index is 2.21. The van der Waals surface area contributed by atoms with Gasteiger partial charge < -0.3 is 4.79 Å². The number of rotatable bonds is 3. The van der Waals surface area contributed by atoms with E-state index in [2.05, 4.69) is 0 Å². The minimum absolute atomic E-state index is 0.0474. The Morgan fingerprint density at radius 3 is 2.67 bits per heavy atom. The molecule has 1 unspecified atom stereocenters. The summed E-state index contributed by atoms with van der Waals surface area (Å²) in [6.45, 7) is 0. The van der Waals surface area contributed by atoms with Crippen LogP contribution in [-0.4, -0.2) is 6.29 Å². The van der Waals surface area contributed by atoms with E-state index in [0.29, 0.717) is 5.92 Å². The van der Waals surface area contributed by atoms with Crippen LogP contribution in [-0.2, 0) is 4.79 Å². The van der Waals surface area contributed by atoms with Crippen LogP contribution in [0.4, 0.5) is 0 Å². The molecule has 1 atom stereocenters. The molecule has 1 aromatic rings. The van der Waals surface area contributed by atoms with Crippen LogP contribution < -0.4 is 0 Å². The van der Waals surface area contributed by atoms with E-state index in [-0.39, 0.29) is 5.92 Å². The predicted octanol–water partition coefficient (Wildman–Crippen LogP) is 3.81. The molecule has 1 aromatic carbocycles. The van der Waals surface area contributed by atoms with Crippen LogP contribution >= 0.6 is 11.6 Å². The van der Waals surface area contributed by atoms with Gasteiger partial charge >= 0.3 is 0 Å². The summed E-state index contributed by atoms with van der Waals surface area (Å²) in [7, 11) is 0. The lowest BCUT2D eigenvalue weighted by molar-refractivity contribution is -0.110. The van der Waals surface area contributed by atoms with Crippen LogP contribution in [0.1, 0.15) is 37.2 Å². The van der Waals surface area contributed by atoms with E-state index in [1.54, 1.807) is 0 Å². The van der Waals surface area contributed by atoms with E-state index < -0.39 is 0 Å². The third kappa shape index (κ3) is 2.40. The van der Waals surface area contributed by atoms with Gasteiger partial charge in [-0.2, -0.15) is 0 Å². The zero-order chi connectivity index (χ0) is 10.7. The third-order valence-corrected chi connectivity index (χ3v) is 3.52. The standard InChI is InChI=1S/C13H15ClO/c14-12-7-3-6-11(8-12)13(9-15)10-4-1-2-5-10/h3,6-10,13H,1-2,4-5H2. The van der Waals surface area contributed by atoms with Crippen LogP contribution in [0.2, 0.25) is 5.02 Å². The largest absolute Gasteiger partial charge is 0.303 e. The van der Waals surface area contributed by atoms with E-state index in [4.69, 9.17) is 11.6 Å². The van der Waals surface area contributed by atoms with Crippen molar-refractivity contribution < 1.29 is 4.79 Å². The maximum atomic E-state index is 11.2. The van der Waals surface area contributed by atoms with Gasteiger partial charge in [0.15, 0.2) is 0 Å². The summed E-state index contributed by atoms with van der Waals surface area (Å²) in [5, 5.41) is 0.720. The average molecular weight is 223 g/mol. The number of hydrogen-bond donors (Lipinski definition) is 0. The highest BCUT2D eigenvalue weighted by atomic mass is 35.5. The maximum absolute atomic E-state index is 11.2. The van der Waals surface area contributed by atoms with Crippen molar-refractivity contribution in [3.63, 3.8) is 0 Å². The Morgan fingerprint density at radius 2 is 2.07 bits per heavy atom. The van der Waals surface area contributed by atoms with Crippen molar-refractivity contribution in [2.45, 2.75) is 31.6 Å². The van der Waals surface area contributed by atoms with Crippen molar-refractivity contribution in [3.8, 4) is 0 Å². The van der Waals surface area contributed by atoms with Crippen molar-refractivity contribution in [1.82, 2.24) is 0 Å². The van der Waals surface area contributed by atoms with Gasteiger partial charge in [0.25, 0.3) is 0 Å².